The van der Waals surface area contributed by atoms with E-state index in [4.69, 9.17) is 4.74 Å². The molecule has 22 heavy (non-hydrogen) atoms. The monoisotopic (exact) mass is 311 g/mol. The Hall–Kier alpha value is -1.46. The van der Waals surface area contributed by atoms with Crippen LogP contribution in [-0.2, 0) is 4.74 Å². The Morgan fingerprint density at radius 3 is 2.14 bits per heavy atom. The molecular formula is C16H29N3O3. The van der Waals surface area contributed by atoms with E-state index >= 15 is 0 Å². The van der Waals surface area contributed by atoms with Gasteiger partial charge in [0.25, 0.3) is 0 Å². The Balaban J connectivity index is 1.76. The molecule has 0 bridgehead atoms. The molecule has 1 saturated heterocycles. The summed E-state index contributed by atoms with van der Waals surface area (Å²) in [5.74, 6) is 0.562. The van der Waals surface area contributed by atoms with Crippen molar-refractivity contribution < 1.29 is 14.3 Å². The molecule has 2 fully saturated rings. The van der Waals surface area contributed by atoms with Crippen LogP contribution in [0.25, 0.3) is 0 Å². The summed E-state index contributed by atoms with van der Waals surface area (Å²) in [5.41, 5.74) is -0.482. The average molecular weight is 311 g/mol. The first kappa shape index (κ1) is 16.9. The van der Waals surface area contributed by atoms with Crippen molar-refractivity contribution in [3.05, 3.63) is 0 Å². The van der Waals surface area contributed by atoms with E-state index in [2.05, 4.69) is 12.2 Å². The molecule has 3 amide bonds. The van der Waals surface area contributed by atoms with Gasteiger partial charge in [-0.05, 0) is 39.5 Å². The van der Waals surface area contributed by atoms with Crippen LogP contribution in [0.4, 0.5) is 9.59 Å². The Morgan fingerprint density at radius 1 is 1.05 bits per heavy atom. The number of rotatable bonds is 1. The molecule has 1 heterocycles. The number of hydrogen-bond donors (Lipinski definition) is 1. The van der Waals surface area contributed by atoms with E-state index in [0.717, 1.165) is 6.42 Å². The lowest BCUT2D eigenvalue weighted by Gasteiger charge is -2.36. The SMILES string of the molecule is CC1CCCC1NC(=O)N1CCN(C(=O)OC(C)(C)C)CC1. The molecule has 1 aliphatic carbocycles. The number of nitrogens with zero attached hydrogens (tertiary/aromatic N) is 2. The quantitative estimate of drug-likeness (QED) is 0.809. The van der Waals surface area contributed by atoms with Gasteiger partial charge in [0.15, 0.2) is 0 Å². The lowest BCUT2D eigenvalue weighted by molar-refractivity contribution is 0.0169. The molecule has 0 aromatic heterocycles. The summed E-state index contributed by atoms with van der Waals surface area (Å²) in [6.07, 6.45) is 3.16. The van der Waals surface area contributed by atoms with E-state index in [1.807, 2.05) is 20.8 Å². The number of nitrogens with one attached hydrogen (secondary N) is 1. The topological polar surface area (TPSA) is 61.9 Å². The molecule has 2 atom stereocenters. The second kappa shape index (κ2) is 6.75. The van der Waals surface area contributed by atoms with E-state index in [1.54, 1.807) is 9.80 Å². The highest BCUT2D eigenvalue weighted by molar-refractivity contribution is 5.75. The zero-order chi connectivity index (χ0) is 16.3. The third kappa shape index (κ3) is 4.52. The maximum absolute atomic E-state index is 12.3. The third-order valence-corrected chi connectivity index (χ3v) is 4.39. The molecule has 6 nitrogen and oxygen atoms in total. The molecule has 0 aromatic rings. The second-order valence-electron chi connectivity index (χ2n) is 7.42. The summed E-state index contributed by atoms with van der Waals surface area (Å²) in [4.78, 5) is 27.8. The fourth-order valence-corrected chi connectivity index (χ4v) is 3.03. The van der Waals surface area contributed by atoms with E-state index in [0.29, 0.717) is 38.1 Å². The zero-order valence-electron chi connectivity index (χ0n) is 14.2. The highest BCUT2D eigenvalue weighted by Crippen LogP contribution is 2.25. The standard InChI is InChI=1S/C16H29N3O3/c1-12-6-5-7-13(12)17-14(20)18-8-10-19(11-9-18)15(21)22-16(2,3)4/h12-13H,5-11H2,1-4H3,(H,17,20). The number of piperazine rings is 1. The van der Waals surface area contributed by atoms with Gasteiger partial charge in [-0.15, -0.1) is 0 Å². The summed E-state index contributed by atoms with van der Waals surface area (Å²) in [6, 6.07) is 0.305. The van der Waals surface area contributed by atoms with Crippen LogP contribution < -0.4 is 5.32 Å². The van der Waals surface area contributed by atoms with Crippen molar-refractivity contribution in [2.24, 2.45) is 5.92 Å². The molecule has 0 spiro atoms. The number of carbonyl (C=O) groups excluding carboxylic acids is 2. The molecule has 1 N–H and O–H groups in total. The van der Waals surface area contributed by atoms with Gasteiger partial charge in [-0.1, -0.05) is 13.3 Å². The Kier molecular flexibility index (Phi) is 5.19. The van der Waals surface area contributed by atoms with Gasteiger partial charge in [0.2, 0.25) is 0 Å². The molecule has 126 valence electrons. The smallest absolute Gasteiger partial charge is 0.410 e. The lowest BCUT2D eigenvalue weighted by atomic mass is 10.1. The minimum Gasteiger partial charge on any atom is -0.444 e. The fourth-order valence-electron chi connectivity index (χ4n) is 3.03. The Labute approximate surface area is 133 Å². The van der Waals surface area contributed by atoms with Crippen molar-refractivity contribution >= 4 is 12.1 Å². The van der Waals surface area contributed by atoms with E-state index in [-0.39, 0.29) is 12.1 Å². The highest BCUT2D eigenvalue weighted by Gasteiger charge is 2.30. The first-order valence-corrected chi connectivity index (χ1v) is 8.29. The Bertz CT molecular complexity index is 411. The second-order valence-corrected chi connectivity index (χ2v) is 7.42. The Morgan fingerprint density at radius 2 is 1.64 bits per heavy atom. The van der Waals surface area contributed by atoms with Gasteiger partial charge >= 0.3 is 12.1 Å². The van der Waals surface area contributed by atoms with Crippen LogP contribution in [0.15, 0.2) is 0 Å². The van der Waals surface area contributed by atoms with Crippen LogP contribution in [0, 0.1) is 5.92 Å². The fraction of sp³-hybridized carbons (Fsp3) is 0.875. The minimum absolute atomic E-state index is 0.00240. The van der Waals surface area contributed by atoms with Crippen molar-refractivity contribution in [3.8, 4) is 0 Å². The van der Waals surface area contributed by atoms with E-state index in [1.165, 1.54) is 12.8 Å². The number of urea groups is 1. The average Bonchev–Trinajstić information content (AvgIpc) is 2.82. The molecule has 1 aliphatic heterocycles. The first-order valence-electron chi connectivity index (χ1n) is 8.29. The van der Waals surface area contributed by atoms with Crippen molar-refractivity contribution in [1.82, 2.24) is 15.1 Å². The van der Waals surface area contributed by atoms with Crippen LogP contribution in [-0.4, -0.2) is 59.7 Å². The number of amides is 3. The van der Waals surface area contributed by atoms with Gasteiger partial charge in [0.05, 0.1) is 0 Å². The summed E-state index contributed by atoms with van der Waals surface area (Å²) in [7, 11) is 0. The minimum atomic E-state index is -0.482. The molecule has 0 radical (unpaired) electrons. The van der Waals surface area contributed by atoms with Gasteiger partial charge < -0.3 is 19.9 Å². The summed E-state index contributed by atoms with van der Waals surface area (Å²) >= 11 is 0. The normalized spacial score (nSPS) is 26.0. The van der Waals surface area contributed by atoms with Crippen molar-refractivity contribution in [2.45, 2.75) is 58.6 Å². The van der Waals surface area contributed by atoms with Gasteiger partial charge in [-0.3, -0.25) is 0 Å². The molecule has 1 saturated carbocycles. The predicted molar refractivity (Wildman–Crippen MR) is 84.7 cm³/mol. The maximum Gasteiger partial charge on any atom is 0.410 e. The predicted octanol–water partition coefficient (Wildman–Crippen LogP) is 2.44. The van der Waals surface area contributed by atoms with E-state index in [9.17, 15) is 9.59 Å². The summed E-state index contributed by atoms with van der Waals surface area (Å²) in [6.45, 7) is 9.95. The number of ether oxygens (including phenoxy) is 1. The van der Waals surface area contributed by atoms with Crippen LogP contribution in [0.1, 0.15) is 47.0 Å². The van der Waals surface area contributed by atoms with Crippen LogP contribution >= 0.6 is 0 Å². The maximum atomic E-state index is 12.3. The molecular weight excluding hydrogens is 282 g/mol. The number of hydrogen-bond acceptors (Lipinski definition) is 3. The zero-order valence-corrected chi connectivity index (χ0v) is 14.2. The summed E-state index contributed by atoms with van der Waals surface area (Å²) < 4.78 is 5.36. The molecule has 2 rings (SSSR count). The number of carbonyl (C=O) groups is 2. The van der Waals surface area contributed by atoms with E-state index < -0.39 is 5.60 Å². The van der Waals surface area contributed by atoms with Crippen molar-refractivity contribution in [3.63, 3.8) is 0 Å². The highest BCUT2D eigenvalue weighted by atomic mass is 16.6. The lowest BCUT2D eigenvalue weighted by Crippen LogP contribution is -2.55. The first-order chi connectivity index (χ1) is 10.3. The van der Waals surface area contributed by atoms with Gasteiger partial charge in [-0.25, -0.2) is 9.59 Å². The van der Waals surface area contributed by atoms with Crippen LogP contribution in [0.5, 0.6) is 0 Å². The van der Waals surface area contributed by atoms with Gasteiger partial charge in [0, 0.05) is 32.2 Å². The van der Waals surface area contributed by atoms with Crippen LogP contribution in [0.3, 0.4) is 0 Å². The molecule has 0 aromatic carbocycles. The summed E-state index contributed by atoms with van der Waals surface area (Å²) in [5, 5.41) is 3.13. The molecule has 2 unspecified atom stereocenters. The van der Waals surface area contributed by atoms with Crippen molar-refractivity contribution in [1.29, 1.82) is 0 Å². The van der Waals surface area contributed by atoms with Gasteiger partial charge in [-0.2, -0.15) is 0 Å². The van der Waals surface area contributed by atoms with Crippen LogP contribution in [0.2, 0.25) is 0 Å². The largest absolute Gasteiger partial charge is 0.444 e. The van der Waals surface area contributed by atoms with Crippen molar-refractivity contribution in [2.75, 3.05) is 26.2 Å². The third-order valence-electron chi connectivity index (χ3n) is 4.39. The molecule has 2 aliphatic rings. The molecule has 6 heteroatoms. The van der Waals surface area contributed by atoms with Gasteiger partial charge in [0.1, 0.15) is 5.60 Å².